The molecule has 2 N–H and O–H groups in total. The molecule has 15 heavy (non-hydrogen) atoms. The van der Waals surface area contributed by atoms with Crippen LogP contribution in [0.25, 0.3) is 11.3 Å². The maximum absolute atomic E-state index is 5.64. The molecule has 2 heterocycles. The molecule has 2 aromatic rings. The molecule has 0 aliphatic rings. The van der Waals surface area contributed by atoms with Gasteiger partial charge in [0.2, 0.25) is 0 Å². The molecule has 2 rings (SSSR count). The highest BCUT2D eigenvalue weighted by molar-refractivity contribution is 5.62. The predicted molar refractivity (Wildman–Crippen MR) is 58.4 cm³/mol. The van der Waals surface area contributed by atoms with Crippen molar-refractivity contribution in [3.63, 3.8) is 0 Å². The van der Waals surface area contributed by atoms with Crippen LogP contribution in [-0.4, -0.2) is 17.1 Å². The van der Waals surface area contributed by atoms with Crippen molar-refractivity contribution < 1.29 is 4.74 Å². The number of rotatable bonds is 2. The van der Waals surface area contributed by atoms with Gasteiger partial charge in [-0.1, -0.05) is 0 Å². The average molecular weight is 201 g/mol. The van der Waals surface area contributed by atoms with Crippen LogP contribution in [0.2, 0.25) is 0 Å². The minimum atomic E-state index is 0.630. The second kappa shape index (κ2) is 3.96. The molecule has 0 aromatic carbocycles. The summed E-state index contributed by atoms with van der Waals surface area (Å²) < 4.78 is 5.03. The van der Waals surface area contributed by atoms with E-state index < -0.39 is 0 Å². The van der Waals surface area contributed by atoms with E-state index in [9.17, 15) is 0 Å². The molecule has 0 unspecified atom stereocenters. The molecule has 0 aliphatic carbocycles. The molecule has 0 amide bonds. The summed E-state index contributed by atoms with van der Waals surface area (Å²) >= 11 is 0. The Balaban J connectivity index is 2.37. The van der Waals surface area contributed by atoms with Crippen molar-refractivity contribution in [1.29, 1.82) is 0 Å². The molecule has 0 radical (unpaired) electrons. The van der Waals surface area contributed by atoms with Crippen LogP contribution in [0.1, 0.15) is 0 Å². The summed E-state index contributed by atoms with van der Waals surface area (Å²) in [6.45, 7) is 0. The Morgan fingerprint density at radius 1 is 1.20 bits per heavy atom. The standard InChI is InChI=1S/C11H11N3O/c1-15-10-2-3-11(14-7-10)8-4-9(12)6-13-5-8/h2-7H,12H2,1H3. The number of hydrogen-bond acceptors (Lipinski definition) is 4. The third-order valence-electron chi connectivity index (χ3n) is 2.03. The number of ether oxygens (including phenoxy) is 1. The number of nitrogens with zero attached hydrogens (tertiary/aromatic N) is 2. The Hall–Kier alpha value is -2.10. The lowest BCUT2D eigenvalue weighted by atomic mass is 10.2. The molecular weight excluding hydrogens is 190 g/mol. The Kier molecular flexibility index (Phi) is 2.49. The minimum absolute atomic E-state index is 0.630. The van der Waals surface area contributed by atoms with Gasteiger partial charge in [-0.05, 0) is 18.2 Å². The zero-order valence-corrected chi connectivity index (χ0v) is 8.34. The summed E-state index contributed by atoms with van der Waals surface area (Å²) in [5.41, 5.74) is 8.00. The molecule has 0 saturated carbocycles. The fourth-order valence-electron chi connectivity index (χ4n) is 1.27. The van der Waals surface area contributed by atoms with Gasteiger partial charge in [-0.3, -0.25) is 9.97 Å². The van der Waals surface area contributed by atoms with E-state index in [0.29, 0.717) is 5.69 Å². The van der Waals surface area contributed by atoms with Gasteiger partial charge in [-0.2, -0.15) is 0 Å². The van der Waals surface area contributed by atoms with Crippen molar-refractivity contribution in [3.05, 3.63) is 36.8 Å². The average Bonchev–Trinajstić information content (AvgIpc) is 2.29. The van der Waals surface area contributed by atoms with Gasteiger partial charge in [0.05, 0.1) is 24.7 Å². The topological polar surface area (TPSA) is 61.0 Å². The molecule has 4 nitrogen and oxygen atoms in total. The maximum Gasteiger partial charge on any atom is 0.137 e. The summed E-state index contributed by atoms with van der Waals surface area (Å²) in [6.07, 6.45) is 5.00. The lowest BCUT2D eigenvalue weighted by Gasteiger charge is -2.02. The highest BCUT2D eigenvalue weighted by Crippen LogP contribution is 2.19. The molecular formula is C11H11N3O. The van der Waals surface area contributed by atoms with Crippen LogP contribution in [0.3, 0.4) is 0 Å². The summed E-state index contributed by atoms with van der Waals surface area (Å²) in [5, 5.41) is 0. The molecule has 0 spiro atoms. The Bertz CT molecular complexity index is 454. The van der Waals surface area contributed by atoms with Gasteiger partial charge in [0, 0.05) is 18.0 Å². The summed E-state index contributed by atoms with van der Waals surface area (Å²) in [6, 6.07) is 5.56. The molecule has 0 atom stereocenters. The van der Waals surface area contributed by atoms with Gasteiger partial charge in [0.1, 0.15) is 5.75 Å². The normalized spacial score (nSPS) is 9.93. The fourth-order valence-corrected chi connectivity index (χ4v) is 1.27. The molecule has 0 saturated heterocycles. The molecule has 4 heteroatoms. The highest BCUT2D eigenvalue weighted by Gasteiger charge is 2.00. The van der Waals surface area contributed by atoms with Crippen molar-refractivity contribution in [3.8, 4) is 17.0 Å². The van der Waals surface area contributed by atoms with E-state index in [4.69, 9.17) is 10.5 Å². The van der Waals surface area contributed by atoms with Crippen molar-refractivity contribution in [2.24, 2.45) is 0 Å². The molecule has 0 aliphatic heterocycles. The third kappa shape index (κ3) is 2.04. The van der Waals surface area contributed by atoms with E-state index in [2.05, 4.69) is 9.97 Å². The first-order valence-electron chi connectivity index (χ1n) is 4.50. The van der Waals surface area contributed by atoms with E-state index in [1.165, 1.54) is 0 Å². The summed E-state index contributed by atoms with van der Waals surface area (Å²) in [4.78, 5) is 8.25. The fraction of sp³-hybridized carbons (Fsp3) is 0.0909. The van der Waals surface area contributed by atoms with Crippen LogP contribution in [0.5, 0.6) is 5.75 Å². The van der Waals surface area contributed by atoms with Crippen LogP contribution in [-0.2, 0) is 0 Å². The van der Waals surface area contributed by atoms with E-state index in [-0.39, 0.29) is 0 Å². The zero-order chi connectivity index (χ0) is 10.7. The highest BCUT2D eigenvalue weighted by atomic mass is 16.5. The Labute approximate surface area is 87.7 Å². The molecule has 76 valence electrons. The van der Waals surface area contributed by atoms with E-state index >= 15 is 0 Å². The molecule has 2 aromatic heterocycles. The number of anilines is 1. The number of aromatic nitrogens is 2. The van der Waals surface area contributed by atoms with Crippen LogP contribution in [0.15, 0.2) is 36.8 Å². The largest absolute Gasteiger partial charge is 0.495 e. The lowest BCUT2D eigenvalue weighted by Crippen LogP contribution is -1.90. The summed E-state index contributed by atoms with van der Waals surface area (Å²) in [7, 11) is 1.61. The lowest BCUT2D eigenvalue weighted by molar-refractivity contribution is 0.413. The Morgan fingerprint density at radius 2 is 2.07 bits per heavy atom. The minimum Gasteiger partial charge on any atom is -0.495 e. The summed E-state index contributed by atoms with van der Waals surface area (Å²) in [5.74, 6) is 0.732. The van der Waals surface area contributed by atoms with E-state index in [1.54, 1.807) is 25.7 Å². The first kappa shape index (κ1) is 9.45. The SMILES string of the molecule is COc1ccc(-c2cncc(N)c2)nc1. The number of methoxy groups -OCH3 is 1. The number of hydrogen-bond donors (Lipinski definition) is 1. The van der Waals surface area contributed by atoms with Crippen LogP contribution in [0, 0.1) is 0 Å². The monoisotopic (exact) mass is 201 g/mol. The van der Waals surface area contributed by atoms with Crippen molar-refractivity contribution in [2.75, 3.05) is 12.8 Å². The van der Waals surface area contributed by atoms with Crippen molar-refractivity contribution >= 4 is 5.69 Å². The zero-order valence-electron chi connectivity index (χ0n) is 8.34. The smallest absolute Gasteiger partial charge is 0.137 e. The first-order valence-corrected chi connectivity index (χ1v) is 4.50. The van der Waals surface area contributed by atoms with Crippen molar-refractivity contribution in [2.45, 2.75) is 0 Å². The van der Waals surface area contributed by atoms with Gasteiger partial charge >= 0.3 is 0 Å². The van der Waals surface area contributed by atoms with Crippen LogP contribution >= 0.6 is 0 Å². The van der Waals surface area contributed by atoms with E-state index in [1.807, 2.05) is 18.2 Å². The first-order chi connectivity index (χ1) is 7.29. The molecule has 0 fully saturated rings. The van der Waals surface area contributed by atoms with Gasteiger partial charge in [0.15, 0.2) is 0 Å². The quantitative estimate of drug-likeness (QED) is 0.803. The molecule has 0 bridgehead atoms. The second-order valence-electron chi connectivity index (χ2n) is 3.09. The number of nitrogens with two attached hydrogens (primary N) is 1. The third-order valence-corrected chi connectivity index (χ3v) is 2.03. The number of nitrogen functional groups attached to an aromatic ring is 1. The second-order valence-corrected chi connectivity index (χ2v) is 3.09. The van der Waals surface area contributed by atoms with E-state index in [0.717, 1.165) is 17.0 Å². The van der Waals surface area contributed by atoms with Gasteiger partial charge in [0.25, 0.3) is 0 Å². The maximum atomic E-state index is 5.64. The van der Waals surface area contributed by atoms with Gasteiger partial charge < -0.3 is 10.5 Å². The van der Waals surface area contributed by atoms with Crippen molar-refractivity contribution in [1.82, 2.24) is 9.97 Å². The predicted octanol–water partition coefficient (Wildman–Crippen LogP) is 1.73. The van der Waals surface area contributed by atoms with Crippen LogP contribution < -0.4 is 10.5 Å². The van der Waals surface area contributed by atoms with Gasteiger partial charge in [-0.25, -0.2) is 0 Å². The van der Waals surface area contributed by atoms with Gasteiger partial charge in [-0.15, -0.1) is 0 Å². The number of pyridine rings is 2. The van der Waals surface area contributed by atoms with Crippen LogP contribution in [0.4, 0.5) is 5.69 Å². The Morgan fingerprint density at radius 3 is 2.67 bits per heavy atom.